The number of nitriles is 1. The quantitative estimate of drug-likeness (QED) is 0.739. The fraction of sp³-hybridized carbons (Fsp3) is 0.158. The molecule has 0 fully saturated rings. The zero-order chi connectivity index (χ0) is 15.5. The molecule has 0 aliphatic heterocycles. The van der Waals surface area contributed by atoms with Gasteiger partial charge in [-0.1, -0.05) is 44.2 Å². The molecule has 0 atom stereocenters. The molecule has 2 aromatic carbocycles. The molecule has 3 aromatic rings. The molecule has 1 N–H and O–H groups in total. The number of para-hydroxylation sites is 1. The van der Waals surface area contributed by atoms with Gasteiger partial charge in [0.2, 0.25) is 0 Å². The Labute approximate surface area is 130 Å². The first kappa shape index (κ1) is 14.1. The van der Waals surface area contributed by atoms with Crippen molar-refractivity contribution in [3.05, 3.63) is 65.7 Å². The molecule has 1 heterocycles. The summed E-state index contributed by atoms with van der Waals surface area (Å²) in [6.07, 6.45) is 0. The van der Waals surface area contributed by atoms with Gasteiger partial charge in [0.25, 0.3) is 0 Å². The Balaban J connectivity index is 2.03. The highest BCUT2D eigenvalue weighted by atomic mass is 15.0. The van der Waals surface area contributed by atoms with Gasteiger partial charge in [0.15, 0.2) is 0 Å². The highest BCUT2D eigenvalue weighted by Crippen LogP contribution is 2.25. The molecule has 3 rings (SSSR count). The van der Waals surface area contributed by atoms with Crippen molar-refractivity contribution in [2.75, 3.05) is 5.32 Å². The first-order valence-corrected chi connectivity index (χ1v) is 7.34. The number of pyridine rings is 1. The molecule has 0 spiro atoms. The van der Waals surface area contributed by atoms with Gasteiger partial charge in [0.05, 0.1) is 11.1 Å². The van der Waals surface area contributed by atoms with E-state index in [1.54, 1.807) is 0 Å². The van der Waals surface area contributed by atoms with Crippen LogP contribution in [0.25, 0.3) is 10.9 Å². The van der Waals surface area contributed by atoms with Gasteiger partial charge in [-0.3, -0.25) is 0 Å². The fourth-order valence-electron chi connectivity index (χ4n) is 2.41. The Bertz CT molecular complexity index is 860. The topological polar surface area (TPSA) is 48.7 Å². The molecule has 0 amide bonds. The summed E-state index contributed by atoms with van der Waals surface area (Å²) < 4.78 is 0. The van der Waals surface area contributed by atoms with Gasteiger partial charge < -0.3 is 5.32 Å². The molecule has 0 unspecified atom stereocenters. The van der Waals surface area contributed by atoms with Crippen LogP contribution in [-0.4, -0.2) is 4.98 Å². The number of benzene rings is 2. The molecule has 0 bridgehead atoms. The van der Waals surface area contributed by atoms with E-state index >= 15 is 0 Å². The first-order valence-electron chi connectivity index (χ1n) is 7.34. The molecule has 108 valence electrons. The van der Waals surface area contributed by atoms with Crippen LogP contribution in [0.5, 0.6) is 0 Å². The summed E-state index contributed by atoms with van der Waals surface area (Å²) >= 11 is 0. The van der Waals surface area contributed by atoms with Crippen molar-refractivity contribution in [2.24, 2.45) is 0 Å². The third-order valence-corrected chi connectivity index (χ3v) is 3.66. The fourth-order valence-corrected chi connectivity index (χ4v) is 2.41. The van der Waals surface area contributed by atoms with Gasteiger partial charge >= 0.3 is 0 Å². The lowest BCUT2D eigenvalue weighted by molar-refractivity contribution is 0.867. The van der Waals surface area contributed by atoms with E-state index in [1.807, 2.05) is 42.5 Å². The van der Waals surface area contributed by atoms with E-state index < -0.39 is 0 Å². The van der Waals surface area contributed by atoms with Crippen molar-refractivity contribution in [3.63, 3.8) is 0 Å². The largest absolute Gasteiger partial charge is 0.339 e. The van der Waals surface area contributed by atoms with Gasteiger partial charge in [-0.15, -0.1) is 0 Å². The molecule has 0 aliphatic carbocycles. The summed E-state index contributed by atoms with van der Waals surface area (Å²) in [5.41, 5.74) is 3.63. The van der Waals surface area contributed by atoms with Gasteiger partial charge in [0, 0.05) is 11.1 Å². The number of nitrogens with one attached hydrogen (secondary N) is 1. The van der Waals surface area contributed by atoms with E-state index in [0.29, 0.717) is 17.3 Å². The van der Waals surface area contributed by atoms with Crippen molar-refractivity contribution >= 4 is 22.4 Å². The van der Waals surface area contributed by atoms with Crippen molar-refractivity contribution in [3.8, 4) is 6.07 Å². The SMILES string of the molecule is CC(C)c1cccc(Nc2nc3ccccc3cc2C#N)c1. The van der Waals surface area contributed by atoms with Crippen LogP contribution in [0.3, 0.4) is 0 Å². The molecule has 3 heteroatoms. The van der Waals surface area contributed by atoms with Crippen LogP contribution < -0.4 is 5.32 Å². The zero-order valence-corrected chi connectivity index (χ0v) is 12.7. The molecular formula is C19H17N3. The number of hydrogen-bond donors (Lipinski definition) is 1. The summed E-state index contributed by atoms with van der Waals surface area (Å²) in [5, 5.41) is 13.6. The molecule has 0 aliphatic rings. The highest BCUT2D eigenvalue weighted by Gasteiger charge is 2.08. The normalized spacial score (nSPS) is 10.6. The van der Waals surface area contributed by atoms with Crippen molar-refractivity contribution in [2.45, 2.75) is 19.8 Å². The minimum atomic E-state index is 0.460. The Hall–Kier alpha value is -2.86. The maximum Gasteiger partial charge on any atom is 0.149 e. The minimum absolute atomic E-state index is 0.460. The van der Waals surface area contributed by atoms with Gasteiger partial charge in [-0.2, -0.15) is 5.26 Å². The van der Waals surface area contributed by atoms with E-state index in [4.69, 9.17) is 0 Å². The average molecular weight is 287 g/mol. The van der Waals surface area contributed by atoms with Crippen LogP contribution >= 0.6 is 0 Å². The molecule has 22 heavy (non-hydrogen) atoms. The lowest BCUT2D eigenvalue weighted by Crippen LogP contribution is -1.98. The number of nitrogens with zero attached hydrogens (tertiary/aromatic N) is 2. The van der Waals surface area contributed by atoms with E-state index in [2.05, 4.69) is 42.4 Å². The molecular weight excluding hydrogens is 270 g/mol. The van der Waals surface area contributed by atoms with Crippen LogP contribution in [0.4, 0.5) is 11.5 Å². The van der Waals surface area contributed by atoms with E-state index in [1.165, 1.54) is 5.56 Å². The lowest BCUT2D eigenvalue weighted by atomic mass is 10.0. The van der Waals surface area contributed by atoms with Crippen LogP contribution in [0, 0.1) is 11.3 Å². The molecule has 0 radical (unpaired) electrons. The second-order valence-electron chi connectivity index (χ2n) is 5.59. The van der Waals surface area contributed by atoms with Crippen molar-refractivity contribution in [1.82, 2.24) is 4.98 Å². The Morgan fingerprint density at radius 2 is 1.86 bits per heavy atom. The number of aromatic nitrogens is 1. The Kier molecular flexibility index (Phi) is 3.76. The van der Waals surface area contributed by atoms with Gasteiger partial charge in [0.1, 0.15) is 11.9 Å². The third-order valence-electron chi connectivity index (χ3n) is 3.66. The first-order chi connectivity index (χ1) is 10.7. The van der Waals surface area contributed by atoms with Crippen LogP contribution in [-0.2, 0) is 0 Å². The van der Waals surface area contributed by atoms with E-state index in [-0.39, 0.29) is 0 Å². The zero-order valence-electron chi connectivity index (χ0n) is 12.7. The second-order valence-corrected chi connectivity index (χ2v) is 5.59. The maximum absolute atomic E-state index is 9.37. The predicted octanol–water partition coefficient (Wildman–Crippen LogP) is 4.97. The monoisotopic (exact) mass is 287 g/mol. The summed E-state index contributed by atoms with van der Waals surface area (Å²) in [6.45, 7) is 4.32. The van der Waals surface area contributed by atoms with Crippen LogP contribution in [0.15, 0.2) is 54.6 Å². The molecule has 3 nitrogen and oxygen atoms in total. The second kappa shape index (κ2) is 5.87. The van der Waals surface area contributed by atoms with E-state index in [9.17, 15) is 5.26 Å². The highest BCUT2D eigenvalue weighted by molar-refractivity contribution is 5.83. The standard InChI is InChI=1S/C19H17N3/c1-13(2)14-7-5-8-17(11-14)21-19-16(12-20)10-15-6-3-4-9-18(15)22-19/h3-11,13H,1-2H3,(H,21,22). The van der Waals surface area contributed by atoms with E-state index in [0.717, 1.165) is 16.6 Å². The summed E-state index contributed by atoms with van der Waals surface area (Å²) in [5.74, 6) is 1.06. The van der Waals surface area contributed by atoms with Crippen molar-refractivity contribution < 1.29 is 0 Å². The van der Waals surface area contributed by atoms with Gasteiger partial charge in [-0.25, -0.2) is 4.98 Å². The van der Waals surface area contributed by atoms with Crippen LogP contribution in [0.2, 0.25) is 0 Å². The molecule has 0 saturated heterocycles. The molecule has 1 aromatic heterocycles. The summed E-state index contributed by atoms with van der Waals surface area (Å²) in [4.78, 5) is 4.58. The summed E-state index contributed by atoms with van der Waals surface area (Å²) in [6, 6.07) is 20.1. The summed E-state index contributed by atoms with van der Waals surface area (Å²) in [7, 11) is 0. The number of anilines is 2. The molecule has 0 saturated carbocycles. The average Bonchev–Trinajstić information content (AvgIpc) is 2.54. The minimum Gasteiger partial charge on any atom is -0.339 e. The Morgan fingerprint density at radius 3 is 2.64 bits per heavy atom. The van der Waals surface area contributed by atoms with Crippen LogP contribution in [0.1, 0.15) is 30.9 Å². The number of fused-ring (bicyclic) bond motifs is 1. The third kappa shape index (κ3) is 2.77. The van der Waals surface area contributed by atoms with Gasteiger partial charge in [-0.05, 0) is 35.7 Å². The Morgan fingerprint density at radius 1 is 1.05 bits per heavy atom. The lowest BCUT2D eigenvalue weighted by Gasteiger charge is -2.11. The predicted molar refractivity (Wildman–Crippen MR) is 90.3 cm³/mol. The number of hydrogen-bond acceptors (Lipinski definition) is 3. The maximum atomic E-state index is 9.37. The number of rotatable bonds is 3. The van der Waals surface area contributed by atoms with Crippen molar-refractivity contribution in [1.29, 1.82) is 5.26 Å². The smallest absolute Gasteiger partial charge is 0.149 e.